The molecule has 102 valence electrons. The van der Waals surface area contributed by atoms with Gasteiger partial charge in [-0.3, -0.25) is 0 Å². The number of hydrogen-bond acceptors (Lipinski definition) is 3. The summed E-state index contributed by atoms with van der Waals surface area (Å²) < 4.78 is 1.37. The number of thiazole rings is 1. The molecule has 2 nitrogen and oxygen atoms in total. The predicted molar refractivity (Wildman–Crippen MR) is 90.7 cm³/mol. The van der Waals surface area contributed by atoms with E-state index in [2.05, 4.69) is 64.9 Å². The van der Waals surface area contributed by atoms with Gasteiger partial charge in [0.25, 0.3) is 0 Å². The third-order valence-corrected chi connectivity index (χ3v) is 5.38. The van der Waals surface area contributed by atoms with E-state index in [1.807, 2.05) is 11.6 Å². The zero-order chi connectivity index (χ0) is 13.7. The minimum atomic E-state index is 0.359. The van der Waals surface area contributed by atoms with Gasteiger partial charge in [0.15, 0.2) is 0 Å². The van der Waals surface area contributed by atoms with Crippen molar-refractivity contribution in [2.75, 3.05) is 6.54 Å². The van der Waals surface area contributed by atoms with Crippen LogP contribution in [0.1, 0.15) is 35.5 Å². The van der Waals surface area contributed by atoms with E-state index in [4.69, 9.17) is 0 Å². The molecule has 1 atom stereocenters. The van der Waals surface area contributed by atoms with Crippen molar-refractivity contribution < 1.29 is 0 Å². The lowest BCUT2D eigenvalue weighted by atomic mass is 10.0. The molecule has 1 unspecified atom stereocenters. The number of rotatable bonds is 6. The molecule has 1 aromatic carbocycles. The van der Waals surface area contributed by atoms with E-state index in [0.29, 0.717) is 6.04 Å². The summed E-state index contributed by atoms with van der Waals surface area (Å²) in [4.78, 5) is 4.42. The molecule has 0 spiro atoms. The normalized spacial score (nSPS) is 12.6. The van der Waals surface area contributed by atoms with Gasteiger partial charge in [0.2, 0.25) is 0 Å². The highest BCUT2D eigenvalue weighted by Crippen LogP contribution is 2.26. The van der Waals surface area contributed by atoms with Crippen LogP contribution in [0.15, 0.2) is 29.8 Å². The fourth-order valence-electron chi connectivity index (χ4n) is 2.08. The highest BCUT2D eigenvalue weighted by molar-refractivity contribution is 14.1. The summed E-state index contributed by atoms with van der Waals surface area (Å²) in [6, 6.07) is 6.91. The maximum absolute atomic E-state index is 4.42. The van der Waals surface area contributed by atoms with Gasteiger partial charge >= 0.3 is 0 Å². The van der Waals surface area contributed by atoms with Crippen molar-refractivity contribution in [3.8, 4) is 0 Å². The number of aromatic nitrogens is 1. The Bertz CT molecular complexity index is 511. The van der Waals surface area contributed by atoms with E-state index in [1.165, 1.54) is 19.7 Å². The molecule has 0 radical (unpaired) electrons. The topological polar surface area (TPSA) is 24.9 Å². The molecule has 1 aromatic heterocycles. The summed E-state index contributed by atoms with van der Waals surface area (Å²) in [6.07, 6.45) is 4.01. The van der Waals surface area contributed by atoms with Gasteiger partial charge in [0, 0.05) is 27.6 Å². The Morgan fingerprint density at radius 2 is 2.26 bits per heavy atom. The molecule has 2 rings (SSSR count). The van der Waals surface area contributed by atoms with E-state index in [0.717, 1.165) is 19.4 Å². The third-order valence-electron chi connectivity index (χ3n) is 3.10. The molecular weight excluding hydrogens is 367 g/mol. The van der Waals surface area contributed by atoms with Crippen LogP contribution in [0.4, 0.5) is 0 Å². The molecule has 2 aromatic rings. The highest BCUT2D eigenvalue weighted by Gasteiger charge is 2.16. The van der Waals surface area contributed by atoms with Crippen molar-refractivity contribution in [1.82, 2.24) is 10.3 Å². The fraction of sp³-hybridized carbons (Fsp3) is 0.400. The van der Waals surface area contributed by atoms with Crippen LogP contribution in [0, 0.1) is 10.5 Å². The van der Waals surface area contributed by atoms with Gasteiger partial charge in [-0.2, -0.15) is 0 Å². The number of aryl methyl sites for hydroxylation is 1. The number of hydrogen-bond donors (Lipinski definition) is 1. The zero-order valence-electron chi connectivity index (χ0n) is 11.3. The Hall–Kier alpha value is -0.460. The summed E-state index contributed by atoms with van der Waals surface area (Å²) in [6.45, 7) is 5.42. The van der Waals surface area contributed by atoms with Gasteiger partial charge in [-0.25, -0.2) is 4.98 Å². The molecule has 0 saturated heterocycles. The van der Waals surface area contributed by atoms with Crippen LogP contribution in [-0.2, 0) is 6.42 Å². The minimum absolute atomic E-state index is 0.359. The standard InChI is InChI=1S/C15H19IN2S/c1-3-7-17-13(10-14-18-8-9-19-14)12-6-4-5-11(2)15(12)16/h4-6,8-9,13,17H,3,7,10H2,1-2H3. The second-order valence-corrected chi connectivity index (χ2v) is 6.67. The average molecular weight is 386 g/mol. The second-order valence-electron chi connectivity index (χ2n) is 4.61. The molecule has 19 heavy (non-hydrogen) atoms. The molecule has 0 aliphatic heterocycles. The molecule has 1 heterocycles. The maximum atomic E-state index is 4.42. The third kappa shape index (κ3) is 4.00. The number of nitrogens with one attached hydrogen (secondary N) is 1. The monoisotopic (exact) mass is 386 g/mol. The van der Waals surface area contributed by atoms with Gasteiger partial charge in [0.05, 0.1) is 5.01 Å². The maximum Gasteiger partial charge on any atom is 0.0943 e. The molecule has 0 aliphatic rings. The van der Waals surface area contributed by atoms with Gasteiger partial charge in [-0.1, -0.05) is 25.1 Å². The van der Waals surface area contributed by atoms with E-state index >= 15 is 0 Å². The first kappa shape index (κ1) is 14.9. The van der Waals surface area contributed by atoms with E-state index < -0.39 is 0 Å². The summed E-state index contributed by atoms with van der Waals surface area (Å²) >= 11 is 4.19. The predicted octanol–water partition coefficient (Wildman–Crippen LogP) is 4.34. The Morgan fingerprint density at radius 3 is 2.95 bits per heavy atom. The molecule has 0 amide bonds. The SMILES string of the molecule is CCCNC(Cc1nccs1)c1cccc(C)c1I. The Balaban J connectivity index is 2.23. The summed E-state index contributed by atoms with van der Waals surface area (Å²) in [7, 11) is 0. The molecule has 4 heteroatoms. The average Bonchev–Trinajstić information content (AvgIpc) is 2.91. The molecule has 0 aliphatic carbocycles. The van der Waals surface area contributed by atoms with Crippen LogP contribution >= 0.6 is 33.9 Å². The van der Waals surface area contributed by atoms with Crippen molar-refractivity contribution in [1.29, 1.82) is 0 Å². The first-order valence-corrected chi connectivity index (χ1v) is 8.55. The van der Waals surface area contributed by atoms with Crippen LogP contribution in [0.25, 0.3) is 0 Å². The zero-order valence-corrected chi connectivity index (χ0v) is 14.3. The number of nitrogens with zero attached hydrogens (tertiary/aromatic N) is 1. The largest absolute Gasteiger partial charge is 0.310 e. The second kappa shape index (κ2) is 7.36. The van der Waals surface area contributed by atoms with E-state index in [1.54, 1.807) is 11.3 Å². The first-order valence-electron chi connectivity index (χ1n) is 6.59. The first-order chi connectivity index (χ1) is 9.22. The van der Waals surface area contributed by atoms with E-state index in [-0.39, 0.29) is 0 Å². The van der Waals surface area contributed by atoms with Crippen molar-refractivity contribution >= 4 is 33.9 Å². The van der Waals surface area contributed by atoms with Gasteiger partial charge in [0.1, 0.15) is 0 Å². The summed E-state index contributed by atoms with van der Waals surface area (Å²) in [5.74, 6) is 0. The highest BCUT2D eigenvalue weighted by atomic mass is 127. The lowest BCUT2D eigenvalue weighted by Gasteiger charge is -2.20. The quantitative estimate of drug-likeness (QED) is 0.748. The van der Waals surface area contributed by atoms with Crippen molar-refractivity contribution in [3.63, 3.8) is 0 Å². The fourth-order valence-corrected chi connectivity index (χ4v) is 3.48. The molecule has 1 N–H and O–H groups in total. The van der Waals surface area contributed by atoms with Crippen molar-refractivity contribution in [3.05, 3.63) is 49.5 Å². The minimum Gasteiger partial charge on any atom is -0.310 e. The van der Waals surface area contributed by atoms with Crippen LogP contribution in [0.5, 0.6) is 0 Å². The van der Waals surface area contributed by atoms with Crippen LogP contribution in [0.2, 0.25) is 0 Å². The molecule has 0 fully saturated rings. The molecular formula is C15H19IN2S. The van der Waals surface area contributed by atoms with Crippen molar-refractivity contribution in [2.45, 2.75) is 32.7 Å². The van der Waals surface area contributed by atoms with Crippen LogP contribution in [0.3, 0.4) is 0 Å². The Labute approximate surface area is 132 Å². The van der Waals surface area contributed by atoms with Crippen molar-refractivity contribution in [2.24, 2.45) is 0 Å². The van der Waals surface area contributed by atoms with E-state index in [9.17, 15) is 0 Å². The lowest BCUT2D eigenvalue weighted by molar-refractivity contribution is 0.526. The number of benzene rings is 1. The Morgan fingerprint density at radius 1 is 1.42 bits per heavy atom. The van der Waals surface area contributed by atoms with Gasteiger partial charge in [-0.15, -0.1) is 11.3 Å². The lowest BCUT2D eigenvalue weighted by Crippen LogP contribution is -2.25. The van der Waals surface area contributed by atoms with Crippen LogP contribution < -0.4 is 5.32 Å². The summed E-state index contributed by atoms with van der Waals surface area (Å²) in [5.41, 5.74) is 2.74. The van der Waals surface area contributed by atoms with Gasteiger partial charge < -0.3 is 5.32 Å². The van der Waals surface area contributed by atoms with Gasteiger partial charge in [-0.05, 0) is 53.6 Å². The summed E-state index contributed by atoms with van der Waals surface area (Å²) in [5, 5.41) is 6.90. The molecule has 0 bridgehead atoms. The van der Waals surface area contributed by atoms with Crippen LogP contribution in [-0.4, -0.2) is 11.5 Å². The molecule has 0 saturated carbocycles. The smallest absolute Gasteiger partial charge is 0.0943 e. The number of halogens is 1. The Kier molecular flexibility index (Phi) is 5.78.